The predicted molar refractivity (Wildman–Crippen MR) is 83.1 cm³/mol. The molecule has 0 aliphatic carbocycles. The predicted octanol–water partition coefficient (Wildman–Crippen LogP) is 2.59. The summed E-state index contributed by atoms with van der Waals surface area (Å²) in [5.74, 6) is 0.0582. The molecule has 108 valence electrons. The molecule has 0 bridgehead atoms. The normalized spacial score (nSPS) is 11.0. The molecule has 4 nitrogen and oxygen atoms in total. The van der Waals surface area contributed by atoms with Crippen molar-refractivity contribution in [2.24, 2.45) is 0 Å². The Hall–Kier alpha value is -1.59. The van der Waals surface area contributed by atoms with Gasteiger partial charge >= 0.3 is 0 Å². The molecule has 0 radical (unpaired) electrons. The third kappa shape index (κ3) is 3.95. The summed E-state index contributed by atoms with van der Waals surface area (Å²) in [6.45, 7) is 4.34. The van der Waals surface area contributed by atoms with E-state index in [-0.39, 0.29) is 5.91 Å². The fraction of sp³-hybridized carbons (Fsp3) is 0.400. The fourth-order valence-electron chi connectivity index (χ4n) is 1.97. The number of nitrogens with zero attached hydrogens (tertiary/aromatic N) is 2. The van der Waals surface area contributed by atoms with Gasteiger partial charge in [0.1, 0.15) is 5.69 Å². The molecular weight excluding hydrogens is 270 g/mol. The Bertz CT molecular complexity index is 545. The van der Waals surface area contributed by atoms with Crippen molar-refractivity contribution in [1.82, 2.24) is 14.8 Å². The van der Waals surface area contributed by atoms with Crippen LogP contribution in [0, 0.1) is 6.92 Å². The summed E-state index contributed by atoms with van der Waals surface area (Å²) in [5.41, 5.74) is 0.650. The smallest absolute Gasteiger partial charge is 0.270 e. The van der Waals surface area contributed by atoms with Gasteiger partial charge in [-0.05, 0) is 45.3 Å². The molecular formula is C15H21N3OS. The van der Waals surface area contributed by atoms with Crippen molar-refractivity contribution in [2.75, 3.05) is 27.2 Å². The molecule has 0 fully saturated rings. The molecule has 0 saturated carbocycles. The highest BCUT2D eigenvalue weighted by molar-refractivity contribution is 7.11. The zero-order valence-electron chi connectivity index (χ0n) is 12.2. The number of thiophene rings is 1. The summed E-state index contributed by atoms with van der Waals surface area (Å²) in [4.78, 5) is 22.0. The van der Waals surface area contributed by atoms with Crippen molar-refractivity contribution in [1.29, 1.82) is 0 Å². The SMILES string of the molecule is Cc1ccc(CN(CCN(C)C)C(=O)c2ccc[nH]2)s1. The second-order valence-corrected chi connectivity index (χ2v) is 6.50. The average Bonchev–Trinajstić information content (AvgIpc) is 3.04. The number of aromatic nitrogens is 1. The number of hydrogen-bond acceptors (Lipinski definition) is 3. The number of hydrogen-bond donors (Lipinski definition) is 1. The molecule has 0 aliphatic heterocycles. The van der Waals surface area contributed by atoms with E-state index in [2.05, 4.69) is 28.9 Å². The van der Waals surface area contributed by atoms with Gasteiger partial charge in [0.25, 0.3) is 5.91 Å². The van der Waals surface area contributed by atoms with E-state index in [1.54, 1.807) is 17.5 Å². The Morgan fingerprint density at radius 3 is 2.60 bits per heavy atom. The van der Waals surface area contributed by atoms with Gasteiger partial charge in [0, 0.05) is 29.0 Å². The highest BCUT2D eigenvalue weighted by Crippen LogP contribution is 2.18. The number of likely N-dealkylation sites (N-methyl/N-ethyl adjacent to an activating group) is 1. The first kappa shape index (κ1) is 14.8. The highest BCUT2D eigenvalue weighted by Gasteiger charge is 2.17. The average molecular weight is 291 g/mol. The Morgan fingerprint density at radius 2 is 2.05 bits per heavy atom. The molecule has 0 spiro atoms. The third-order valence-electron chi connectivity index (χ3n) is 3.08. The molecule has 20 heavy (non-hydrogen) atoms. The monoisotopic (exact) mass is 291 g/mol. The van der Waals surface area contributed by atoms with Crippen LogP contribution in [0.3, 0.4) is 0 Å². The van der Waals surface area contributed by atoms with Crippen LogP contribution in [0.25, 0.3) is 0 Å². The molecule has 0 aromatic carbocycles. The van der Waals surface area contributed by atoms with Crippen LogP contribution in [0.5, 0.6) is 0 Å². The maximum absolute atomic E-state index is 12.5. The number of carbonyl (C=O) groups excluding carboxylic acids is 1. The molecule has 0 unspecified atom stereocenters. The van der Waals surface area contributed by atoms with Crippen molar-refractivity contribution in [3.05, 3.63) is 45.9 Å². The number of H-pyrrole nitrogens is 1. The van der Waals surface area contributed by atoms with E-state index in [1.165, 1.54) is 9.75 Å². The number of amides is 1. The number of carbonyl (C=O) groups is 1. The first-order chi connectivity index (χ1) is 9.56. The van der Waals surface area contributed by atoms with Gasteiger partial charge in [0.05, 0.1) is 6.54 Å². The van der Waals surface area contributed by atoms with E-state index in [0.717, 1.165) is 13.1 Å². The van der Waals surface area contributed by atoms with Crippen LogP contribution < -0.4 is 0 Å². The van der Waals surface area contributed by atoms with E-state index in [9.17, 15) is 4.79 Å². The molecule has 2 heterocycles. The fourth-order valence-corrected chi connectivity index (χ4v) is 2.87. The largest absolute Gasteiger partial charge is 0.357 e. The summed E-state index contributed by atoms with van der Waals surface area (Å²) in [6, 6.07) is 7.88. The maximum atomic E-state index is 12.5. The topological polar surface area (TPSA) is 39.3 Å². The van der Waals surface area contributed by atoms with E-state index in [4.69, 9.17) is 0 Å². The van der Waals surface area contributed by atoms with Crippen LogP contribution in [-0.4, -0.2) is 47.9 Å². The lowest BCUT2D eigenvalue weighted by Crippen LogP contribution is -2.36. The van der Waals surface area contributed by atoms with Gasteiger partial charge in [-0.15, -0.1) is 11.3 Å². The molecule has 1 N–H and O–H groups in total. The lowest BCUT2D eigenvalue weighted by molar-refractivity contribution is 0.0728. The van der Waals surface area contributed by atoms with Gasteiger partial charge in [0.2, 0.25) is 0 Å². The number of aromatic amines is 1. The summed E-state index contributed by atoms with van der Waals surface area (Å²) >= 11 is 1.75. The van der Waals surface area contributed by atoms with Crippen molar-refractivity contribution >= 4 is 17.2 Å². The number of nitrogens with one attached hydrogen (secondary N) is 1. The highest BCUT2D eigenvalue weighted by atomic mass is 32.1. The zero-order chi connectivity index (χ0) is 14.5. The van der Waals surface area contributed by atoms with Crippen LogP contribution in [0.1, 0.15) is 20.2 Å². The van der Waals surface area contributed by atoms with Gasteiger partial charge < -0.3 is 14.8 Å². The Labute approximate surface area is 124 Å². The first-order valence-corrected chi connectivity index (χ1v) is 7.50. The van der Waals surface area contributed by atoms with E-state index >= 15 is 0 Å². The third-order valence-corrected chi connectivity index (χ3v) is 4.06. The molecule has 5 heteroatoms. The quantitative estimate of drug-likeness (QED) is 0.888. The lowest BCUT2D eigenvalue weighted by atomic mass is 10.3. The van der Waals surface area contributed by atoms with E-state index < -0.39 is 0 Å². The van der Waals surface area contributed by atoms with Gasteiger partial charge in [0.15, 0.2) is 0 Å². The van der Waals surface area contributed by atoms with Crippen molar-refractivity contribution in [3.63, 3.8) is 0 Å². The Morgan fingerprint density at radius 1 is 1.25 bits per heavy atom. The van der Waals surface area contributed by atoms with Gasteiger partial charge in [-0.1, -0.05) is 0 Å². The van der Waals surface area contributed by atoms with E-state index in [1.807, 2.05) is 31.1 Å². The zero-order valence-corrected chi connectivity index (χ0v) is 13.0. The summed E-state index contributed by atoms with van der Waals surface area (Å²) in [7, 11) is 4.04. The molecule has 1 amide bonds. The lowest BCUT2D eigenvalue weighted by Gasteiger charge is -2.23. The van der Waals surface area contributed by atoms with Gasteiger partial charge in [-0.3, -0.25) is 4.79 Å². The molecule has 0 atom stereocenters. The minimum atomic E-state index is 0.0582. The van der Waals surface area contributed by atoms with Gasteiger partial charge in [-0.25, -0.2) is 0 Å². The van der Waals surface area contributed by atoms with Crippen molar-refractivity contribution in [2.45, 2.75) is 13.5 Å². The second-order valence-electron chi connectivity index (χ2n) is 5.13. The van der Waals surface area contributed by atoms with Crippen molar-refractivity contribution in [3.8, 4) is 0 Å². The first-order valence-electron chi connectivity index (χ1n) is 6.69. The van der Waals surface area contributed by atoms with Crippen LogP contribution >= 0.6 is 11.3 Å². The summed E-state index contributed by atoms with van der Waals surface area (Å²) in [5, 5.41) is 0. The summed E-state index contributed by atoms with van der Waals surface area (Å²) in [6.07, 6.45) is 1.78. The number of rotatable bonds is 6. The molecule has 2 aromatic rings. The molecule has 2 aromatic heterocycles. The summed E-state index contributed by atoms with van der Waals surface area (Å²) < 4.78 is 0. The number of aryl methyl sites for hydroxylation is 1. The minimum Gasteiger partial charge on any atom is -0.357 e. The van der Waals surface area contributed by atoms with Gasteiger partial charge in [-0.2, -0.15) is 0 Å². The molecule has 0 aliphatic rings. The standard InChI is InChI=1S/C15H21N3OS/c1-12-6-7-13(20-12)11-18(10-9-17(2)3)15(19)14-5-4-8-16-14/h4-8,16H,9-11H2,1-3H3. The molecule has 0 saturated heterocycles. The van der Waals surface area contributed by atoms with E-state index in [0.29, 0.717) is 12.2 Å². The van der Waals surface area contributed by atoms with Crippen LogP contribution in [0.2, 0.25) is 0 Å². The maximum Gasteiger partial charge on any atom is 0.270 e. The van der Waals surface area contributed by atoms with Crippen LogP contribution in [0.15, 0.2) is 30.5 Å². The Balaban J connectivity index is 2.09. The van der Waals surface area contributed by atoms with Crippen LogP contribution in [0.4, 0.5) is 0 Å². The van der Waals surface area contributed by atoms with Crippen molar-refractivity contribution < 1.29 is 4.79 Å². The minimum absolute atomic E-state index is 0.0582. The van der Waals surface area contributed by atoms with Crippen LogP contribution in [-0.2, 0) is 6.54 Å². The molecule has 2 rings (SSSR count). The Kier molecular flexibility index (Phi) is 4.98. The second kappa shape index (κ2) is 6.72.